The summed E-state index contributed by atoms with van der Waals surface area (Å²) < 4.78 is 23.7. The fourth-order valence-electron chi connectivity index (χ4n) is 6.90. The van der Waals surface area contributed by atoms with E-state index in [1.165, 1.54) is 12.8 Å². The summed E-state index contributed by atoms with van der Waals surface area (Å²) in [5.41, 5.74) is -1.33. The number of allylic oxidation sites excluding steroid dienone is 2. The molecule has 48 heavy (non-hydrogen) atoms. The molecule has 272 valence electrons. The van der Waals surface area contributed by atoms with Gasteiger partial charge in [-0.05, 0) is 64.5 Å². The summed E-state index contributed by atoms with van der Waals surface area (Å²) in [6.07, 6.45) is 9.56. The SMILES string of the molecule is CCC(O)C(C)C1OC1CC(C)(O)/C=C/C=C(\C)C1OC(=O)CC(O)CCC(C)(OC)C(OC(=O)N2CCN(C3CC3)CC2)/C=C\C1C. The van der Waals surface area contributed by atoms with Crippen LogP contribution in [0.5, 0.6) is 0 Å². The van der Waals surface area contributed by atoms with Gasteiger partial charge in [-0.15, -0.1) is 0 Å². The molecule has 1 amide bonds. The molecule has 0 radical (unpaired) electrons. The Morgan fingerprint density at radius 1 is 1.21 bits per heavy atom. The number of carbonyl (C=O) groups is 2. The van der Waals surface area contributed by atoms with Crippen molar-refractivity contribution in [3.05, 3.63) is 36.0 Å². The quantitative estimate of drug-likeness (QED) is 0.127. The van der Waals surface area contributed by atoms with Crippen molar-refractivity contribution in [1.82, 2.24) is 9.80 Å². The van der Waals surface area contributed by atoms with E-state index >= 15 is 0 Å². The number of aliphatic hydroxyl groups is 3. The highest BCUT2D eigenvalue weighted by atomic mass is 16.6. The largest absolute Gasteiger partial charge is 0.457 e. The van der Waals surface area contributed by atoms with E-state index in [2.05, 4.69) is 4.90 Å². The van der Waals surface area contributed by atoms with Gasteiger partial charge in [0.25, 0.3) is 0 Å². The number of hydrogen-bond acceptors (Lipinski definition) is 10. The number of hydrogen-bond donors (Lipinski definition) is 3. The average Bonchev–Trinajstić information content (AvgIpc) is 3.99. The number of carbonyl (C=O) groups excluding carboxylic acids is 2. The summed E-state index contributed by atoms with van der Waals surface area (Å²) >= 11 is 0. The predicted molar refractivity (Wildman–Crippen MR) is 182 cm³/mol. The molecule has 0 aromatic heterocycles. The Labute approximate surface area is 286 Å². The summed E-state index contributed by atoms with van der Waals surface area (Å²) in [7, 11) is 1.57. The second-order valence-electron chi connectivity index (χ2n) is 14.9. The maximum absolute atomic E-state index is 13.4. The van der Waals surface area contributed by atoms with Crippen molar-refractivity contribution in [2.45, 2.75) is 140 Å². The molecular formula is C37H60N2O9. The molecule has 0 spiro atoms. The summed E-state index contributed by atoms with van der Waals surface area (Å²) in [4.78, 5) is 30.5. The van der Waals surface area contributed by atoms with Crippen LogP contribution in [0.1, 0.15) is 86.5 Å². The monoisotopic (exact) mass is 676 g/mol. The number of methoxy groups -OCH3 is 1. The van der Waals surface area contributed by atoms with Gasteiger partial charge in [-0.3, -0.25) is 9.69 Å². The Balaban J connectivity index is 1.46. The van der Waals surface area contributed by atoms with Gasteiger partial charge in [0.15, 0.2) is 6.10 Å². The number of amides is 1. The van der Waals surface area contributed by atoms with Crippen LogP contribution >= 0.6 is 0 Å². The molecular weight excluding hydrogens is 616 g/mol. The van der Waals surface area contributed by atoms with Crippen LogP contribution < -0.4 is 0 Å². The fraction of sp³-hybridized carbons (Fsp3) is 0.784. The van der Waals surface area contributed by atoms with Gasteiger partial charge in [-0.2, -0.15) is 0 Å². The van der Waals surface area contributed by atoms with Crippen LogP contribution in [0.3, 0.4) is 0 Å². The van der Waals surface area contributed by atoms with Gasteiger partial charge >= 0.3 is 12.1 Å². The number of rotatable bonds is 11. The van der Waals surface area contributed by atoms with Crippen molar-refractivity contribution < 1.29 is 43.9 Å². The number of epoxide rings is 1. The van der Waals surface area contributed by atoms with Crippen LogP contribution in [-0.4, -0.2) is 124 Å². The topological polar surface area (TPSA) is 142 Å². The predicted octanol–water partition coefficient (Wildman–Crippen LogP) is 4.14. The molecule has 10 unspecified atom stereocenters. The minimum Gasteiger partial charge on any atom is -0.457 e. The summed E-state index contributed by atoms with van der Waals surface area (Å²) in [5, 5.41) is 32.0. The average molecular weight is 677 g/mol. The first-order valence-corrected chi connectivity index (χ1v) is 17.9. The Hall–Kier alpha value is -2.28. The molecule has 0 bridgehead atoms. The van der Waals surface area contributed by atoms with E-state index in [9.17, 15) is 24.9 Å². The first kappa shape index (κ1) is 38.5. The Morgan fingerprint density at radius 2 is 1.90 bits per heavy atom. The molecule has 3 heterocycles. The van der Waals surface area contributed by atoms with Crippen LogP contribution in [0.15, 0.2) is 36.0 Å². The molecule has 0 aromatic rings. The molecule has 2 saturated heterocycles. The van der Waals surface area contributed by atoms with E-state index in [0.717, 1.165) is 18.7 Å². The molecule has 1 saturated carbocycles. The van der Waals surface area contributed by atoms with Crippen molar-refractivity contribution >= 4 is 12.1 Å². The van der Waals surface area contributed by atoms with Gasteiger partial charge in [0.1, 0.15) is 11.7 Å². The van der Waals surface area contributed by atoms with Crippen LogP contribution in [-0.2, 0) is 23.7 Å². The minimum atomic E-state index is -1.14. The van der Waals surface area contributed by atoms with E-state index in [4.69, 9.17) is 18.9 Å². The molecule has 3 aliphatic heterocycles. The highest BCUT2D eigenvalue weighted by molar-refractivity contribution is 5.70. The minimum absolute atomic E-state index is 0.00156. The normalized spacial score (nSPS) is 35.9. The van der Waals surface area contributed by atoms with E-state index in [-0.39, 0.29) is 43.0 Å². The lowest BCUT2D eigenvalue weighted by molar-refractivity contribution is -0.151. The second-order valence-corrected chi connectivity index (χ2v) is 14.9. The summed E-state index contributed by atoms with van der Waals surface area (Å²) in [6.45, 7) is 14.2. The van der Waals surface area contributed by atoms with Crippen molar-refractivity contribution in [3.63, 3.8) is 0 Å². The number of nitrogens with zero attached hydrogens (tertiary/aromatic N) is 2. The van der Waals surface area contributed by atoms with E-state index in [1.807, 2.05) is 52.8 Å². The third kappa shape index (κ3) is 10.6. The summed E-state index contributed by atoms with van der Waals surface area (Å²) in [5.74, 6) is -0.824. The number of ether oxygens (including phenoxy) is 4. The van der Waals surface area contributed by atoms with Gasteiger partial charge in [0, 0.05) is 57.6 Å². The maximum atomic E-state index is 13.4. The number of aliphatic hydroxyl groups excluding tert-OH is 2. The number of esters is 1. The Morgan fingerprint density at radius 3 is 2.52 bits per heavy atom. The lowest BCUT2D eigenvalue weighted by Crippen LogP contribution is -2.52. The standard InChI is InChI=1S/C37H60N2O9/c1-8-29(41)26(4)34-30(46-34)23-36(5,44)16-9-10-24(2)33-25(3)11-14-31(37(6,45-7)17-15-28(40)22-32(42)48-33)47-35(43)39-20-18-38(19-21-39)27-12-13-27/h9-11,14,16,25-31,33-34,40-41,44H,8,12-13,15,17-23H2,1-7H3/b14-11-,16-9+,24-10+. The number of piperazine rings is 1. The van der Waals surface area contributed by atoms with Gasteiger partial charge in [-0.25, -0.2) is 4.79 Å². The smallest absolute Gasteiger partial charge is 0.410 e. The van der Waals surface area contributed by atoms with Crippen LogP contribution in [0, 0.1) is 11.8 Å². The molecule has 4 aliphatic rings. The van der Waals surface area contributed by atoms with Gasteiger partial charge < -0.3 is 39.2 Å². The van der Waals surface area contributed by atoms with E-state index in [1.54, 1.807) is 31.1 Å². The molecule has 1 aliphatic carbocycles. The second kappa shape index (κ2) is 16.6. The van der Waals surface area contributed by atoms with Crippen LogP contribution in [0.2, 0.25) is 0 Å². The zero-order valence-electron chi connectivity index (χ0n) is 30.0. The van der Waals surface area contributed by atoms with Crippen LogP contribution in [0.4, 0.5) is 4.79 Å². The molecule has 11 nitrogen and oxygen atoms in total. The molecule has 10 atom stereocenters. The molecule has 11 heteroatoms. The summed E-state index contributed by atoms with van der Waals surface area (Å²) in [6, 6.07) is 0.658. The third-order valence-electron chi connectivity index (χ3n) is 10.7. The molecule has 4 rings (SSSR count). The van der Waals surface area contributed by atoms with E-state index < -0.39 is 41.6 Å². The Kier molecular flexibility index (Phi) is 13.3. The van der Waals surface area contributed by atoms with Crippen LogP contribution in [0.25, 0.3) is 0 Å². The Bertz CT molecular complexity index is 1180. The highest BCUT2D eigenvalue weighted by Gasteiger charge is 2.47. The van der Waals surface area contributed by atoms with Crippen molar-refractivity contribution in [1.29, 1.82) is 0 Å². The van der Waals surface area contributed by atoms with Crippen molar-refractivity contribution in [2.75, 3.05) is 33.3 Å². The zero-order valence-corrected chi connectivity index (χ0v) is 30.0. The zero-order chi connectivity index (χ0) is 35.2. The molecule has 3 N–H and O–H groups in total. The third-order valence-corrected chi connectivity index (χ3v) is 10.7. The lowest BCUT2D eigenvalue weighted by atomic mass is 9.88. The maximum Gasteiger partial charge on any atom is 0.410 e. The van der Waals surface area contributed by atoms with Crippen molar-refractivity contribution in [2.24, 2.45) is 11.8 Å². The number of cyclic esters (lactones) is 1. The first-order valence-electron chi connectivity index (χ1n) is 17.9. The lowest BCUT2D eigenvalue weighted by Gasteiger charge is -2.38. The molecule has 0 aromatic carbocycles. The van der Waals surface area contributed by atoms with Gasteiger partial charge in [0.2, 0.25) is 0 Å². The first-order chi connectivity index (χ1) is 22.7. The fourth-order valence-corrected chi connectivity index (χ4v) is 6.90. The van der Waals surface area contributed by atoms with E-state index in [0.29, 0.717) is 38.4 Å². The van der Waals surface area contributed by atoms with Crippen molar-refractivity contribution in [3.8, 4) is 0 Å². The molecule has 3 fully saturated rings. The van der Waals surface area contributed by atoms with Gasteiger partial charge in [0.05, 0.1) is 36.4 Å². The van der Waals surface area contributed by atoms with Gasteiger partial charge in [-0.1, -0.05) is 45.1 Å². The highest BCUT2D eigenvalue weighted by Crippen LogP contribution is 2.38.